The van der Waals surface area contributed by atoms with Crippen molar-refractivity contribution in [2.45, 2.75) is 44.1 Å². The number of nitrogens with zero attached hydrogens (tertiary/aromatic N) is 1. The Hall–Kier alpha value is -1.67. The van der Waals surface area contributed by atoms with Crippen LogP contribution in [-0.2, 0) is 10.0 Å². The van der Waals surface area contributed by atoms with E-state index in [2.05, 4.69) is 10.6 Å². The van der Waals surface area contributed by atoms with E-state index in [4.69, 9.17) is 0 Å². The Labute approximate surface area is 160 Å². The summed E-state index contributed by atoms with van der Waals surface area (Å²) in [4.78, 5) is 12.2. The predicted octanol–water partition coefficient (Wildman–Crippen LogP) is 2.43. The molecule has 0 radical (unpaired) electrons. The quantitative estimate of drug-likeness (QED) is 0.801. The largest absolute Gasteiger partial charge is 0.338 e. The maximum atomic E-state index is 13.0. The SMILES string of the molecule is CS(=O)(=O)N1CCC(CNC(=O)NC2CCC(c3ccc(F)cc3)C2)CC1. The standard InChI is InChI=1S/C19H28FN3O3S/c1-27(25,26)23-10-8-14(9-11-23)13-21-19(24)22-18-7-4-16(12-18)15-2-5-17(20)6-3-15/h2-3,5-6,14,16,18H,4,7-13H2,1H3,(H2,21,22,24). The number of sulfonamides is 1. The van der Waals surface area contributed by atoms with Gasteiger partial charge in [0.05, 0.1) is 6.26 Å². The number of carbonyl (C=O) groups excluding carboxylic acids is 1. The number of nitrogens with one attached hydrogen (secondary N) is 2. The summed E-state index contributed by atoms with van der Waals surface area (Å²) in [6, 6.07) is 6.59. The van der Waals surface area contributed by atoms with Gasteiger partial charge in [-0.2, -0.15) is 0 Å². The molecule has 150 valence electrons. The summed E-state index contributed by atoms with van der Waals surface area (Å²) in [5.41, 5.74) is 1.12. The summed E-state index contributed by atoms with van der Waals surface area (Å²) in [6.45, 7) is 1.61. The molecule has 0 aromatic heterocycles. The van der Waals surface area contributed by atoms with Crippen LogP contribution in [0.3, 0.4) is 0 Å². The van der Waals surface area contributed by atoms with Crippen LogP contribution in [-0.4, -0.2) is 50.7 Å². The molecule has 0 spiro atoms. The lowest BCUT2D eigenvalue weighted by molar-refractivity contribution is 0.228. The number of benzene rings is 1. The third-order valence-electron chi connectivity index (χ3n) is 5.70. The van der Waals surface area contributed by atoms with E-state index in [1.165, 1.54) is 22.7 Å². The molecule has 1 saturated heterocycles. The molecule has 2 atom stereocenters. The molecule has 0 bridgehead atoms. The van der Waals surface area contributed by atoms with Crippen molar-refractivity contribution in [1.29, 1.82) is 0 Å². The van der Waals surface area contributed by atoms with E-state index in [0.717, 1.165) is 37.7 Å². The second kappa shape index (κ2) is 8.56. The van der Waals surface area contributed by atoms with Crippen LogP contribution in [0.5, 0.6) is 0 Å². The van der Waals surface area contributed by atoms with Crippen molar-refractivity contribution < 1.29 is 17.6 Å². The molecule has 2 aliphatic rings. The number of carbonyl (C=O) groups is 1. The zero-order valence-electron chi connectivity index (χ0n) is 15.7. The number of piperidine rings is 1. The summed E-state index contributed by atoms with van der Waals surface area (Å²) >= 11 is 0. The maximum absolute atomic E-state index is 13.0. The van der Waals surface area contributed by atoms with Gasteiger partial charge in [-0.1, -0.05) is 12.1 Å². The van der Waals surface area contributed by atoms with Crippen LogP contribution in [0.15, 0.2) is 24.3 Å². The Morgan fingerprint density at radius 3 is 2.44 bits per heavy atom. The fraction of sp³-hybridized carbons (Fsp3) is 0.632. The van der Waals surface area contributed by atoms with Gasteiger partial charge >= 0.3 is 6.03 Å². The highest BCUT2D eigenvalue weighted by atomic mass is 32.2. The minimum atomic E-state index is -3.11. The van der Waals surface area contributed by atoms with Crippen molar-refractivity contribution in [3.05, 3.63) is 35.6 Å². The summed E-state index contributed by atoms with van der Waals surface area (Å²) < 4.78 is 37.6. The molecule has 27 heavy (non-hydrogen) atoms. The van der Waals surface area contributed by atoms with E-state index >= 15 is 0 Å². The molecule has 2 amide bonds. The van der Waals surface area contributed by atoms with Crippen LogP contribution >= 0.6 is 0 Å². The van der Waals surface area contributed by atoms with Crippen molar-refractivity contribution in [1.82, 2.24) is 14.9 Å². The normalized spacial score (nSPS) is 24.7. The number of halogens is 1. The van der Waals surface area contributed by atoms with Crippen LogP contribution in [0.1, 0.15) is 43.6 Å². The predicted molar refractivity (Wildman–Crippen MR) is 102 cm³/mol. The molecule has 6 nitrogen and oxygen atoms in total. The molecule has 1 heterocycles. The first kappa shape index (κ1) is 20.1. The van der Waals surface area contributed by atoms with Crippen LogP contribution < -0.4 is 10.6 Å². The number of hydrogen-bond donors (Lipinski definition) is 2. The number of hydrogen-bond acceptors (Lipinski definition) is 3. The Kier molecular flexibility index (Phi) is 6.37. The van der Waals surface area contributed by atoms with Crippen LogP contribution in [0, 0.1) is 11.7 Å². The summed E-state index contributed by atoms with van der Waals surface area (Å²) in [7, 11) is -3.11. The van der Waals surface area contributed by atoms with E-state index in [9.17, 15) is 17.6 Å². The molecule has 1 saturated carbocycles. The minimum absolute atomic E-state index is 0.132. The Morgan fingerprint density at radius 2 is 1.81 bits per heavy atom. The van der Waals surface area contributed by atoms with Gasteiger partial charge in [0.15, 0.2) is 0 Å². The number of rotatable bonds is 5. The highest BCUT2D eigenvalue weighted by Crippen LogP contribution is 2.34. The lowest BCUT2D eigenvalue weighted by Crippen LogP contribution is -2.45. The van der Waals surface area contributed by atoms with E-state index < -0.39 is 10.0 Å². The summed E-state index contributed by atoms with van der Waals surface area (Å²) in [5, 5.41) is 5.96. The Bertz CT molecular complexity index is 746. The van der Waals surface area contributed by atoms with Crippen molar-refractivity contribution in [3.63, 3.8) is 0 Å². The molecular formula is C19H28FN3O3S. The highest BCUT2D eigenvalue weighted by molar-refractivity contribution is 7.88. The van der Waals surface area contributed by atoms with Gasteiger partial charge in [-0.05, 0) is 61.6 Å². The molecule has 1 aromatic rings. The topological polar surface area (TPSA) is 78.5 Å². The Morgan fingerprint density at radius 1 is 1.15 bits per heavy atom. The zero-order chi connectivity index (χ0) is 19.4. The summed E-state index contributed by atoms with van der Waals surface area (Å²) in [6.07, 6.45) is 5.54. The van der Waals surface area contributed by atoms with Crippen LogP contribution in [0.4, 0.5) is 9.18 Å². The van der Waals surface area contributed by atoms with Crippen LogP contribution in [0.25, 0.3) is 0 Å². The average Bonchev–Trinajstić information content (AvgIpc) is 3.08. The fourth-order valence-electron chi connectivity index (χ4n) is 4.07. The van der Waals surface area contributed by atoms with E-state index in [0.29, 0.717) is 31.5 Å². The van der Waals surface area contributed by atoms with Gasteiger partial charge in [0.1, 0.15) is 5.82 Å². The molecular weight excluding hydrogens is 369 g/mol. The smallest absolute Gasteiger partial charge is 0.315 e. The van der Waals surface area contributed by atoms with Crippen molar-refractivity contribution in [2.24, 2.45) is 5.92 Å². The first-order valence-electron chi connectivity index (χ1n) is 9.56. The van der Waals surface area contributed by atoms with Crippen LogP contribution in [0.2, 0.25) is 0 Å². The lowest BCUT2D eigenvalue weighted by Gasteiger charge is -2.30. The van der Waals surface area contributed by atoms with Gasteiger partial charge in [0.2, 0.25) is 10.0 Å². The molecule has 1 aliphatic heterocycles. The summed E-state index contributed by atoms with van der Waals surface area (Å²) in [5.74, 6) is 0.439. The van der Waals surface area contributed by atoms with E-state index in [-0.39, 0.29) is 17.9 Å². The Balaban J connectivity index is 1.37. The third-order valence-corrected chi connectivity index (χ3v) is 7.01. The minimum Gasteiger partial charge on any atom is -0.338 e. The molecule has 3 rings (SSSR count). The van der Waals surface area contributed by atoms with E-state index in [1.54, 1.807) is 0 Å². The molecule has 2 unspecified atom stereocenters. The van der Waals surface area contributed by atoms with Crippen molar-refractivity contribution in [2.75, 3.05) is 25.9 Å². The molecule has 2 fully saturated rings. The van der Waals surface area contributed by atoms with Gasteiger partial charge in [-0.3, -0.25) is 0 Å². The second-order valence-corrected chi connectivity index (χ2v) is 9.70. The average molecular weight is 398 g/mol. The second-order valence-electron chi connectivity index (χ2n) is 7.72. The fourth-order valence-corrected chi connectivity index (χ4v) is 4.94. The molecule has 2 N–H and O–H groups in total. The van der Waals surface area contributed by atoms with E-state index in [1.807, 2.05) is 12.1 Å². The number of amides is 2. The van der Waals surface area contributed by atoms with Gasteiger partial charge in [0, 0.05) is 25.7 Å². The lowest BCUT2D eigenvalue weighted by atomic mass is 9.97. The molecule has 1 aliphatic carbocycles. The van der Waals surface area contributed by atoms with Crippen molar-refractivity contribution >= 4 is 16.1 Å². The molecule has 1 aromatic carbocycles. The zero-order valence-corrected chi connectivity index (χ0v) is 16.5. The van der Waals surface area contributed by atoms with Gasteiger partial charge in [-0.25, -0.2) is 21.9 Å². The molecule has 8 heteroatoms. The first-order valence-corrected chi connectivity index (χ1v) is 11.4. The van der Waals surface area contributed by atoms with Crippen molar-refractivity contribution in [3.8, 4) is 0 Å². The van der Waals surface area contributed by atoms with Gasteiger partial charge < -0.3 is 10.6 Å². The highest BCUT2D eigenvalue weighted by Gasteiger charge is 2.28. The monoisotopic (exact) mass is 397 g/mol. The van der Waals surface area contributed by atoms with Gasteiger partial charge in [0.25, 0.3) is 0 Å². The third kappa shape index (κ3) is 5.65. The first-order chi connectivity index (χ1) is 12.8. The van der Waals surface area contributed by atoms with Gasteiger partial charge in [-0.15, -0.1) is 0 Å². The number of urea groups is 1. The maximum Gasteiger partial charge on any atom is 0.315 e.